The number of nitrogens with zero attached hydrogens (tertiary/aromatic N) is 4. The molecule has 2 N–H and O–H groups in total. The summed E-state index contributed by atoms with van der Waals surface area (Å²) in [5.74, 6) is 6.72. The summed E-state index contributed by atoms with van der Waals surface area (Å²) in [4.78, 5) is 14.6. The summed E-state index contributed by atoms with van der Waals surface area (Å²) < 4.78 is 25.0. The van der Waals surface area contributed by atoms with Gasteiger partial charge in [-0.25, -0.2) is 13.1 Å². The first-order chi connectivity index (χ1) is 14.1. The van der Waals surface area contributed by atoms with Crippen LogP contribution in [-0.2, 0) is 14.6 Å². The van der Waals surface area contributed by atoms with E-state index < -0.39 is 9.84 Å². The monoisotopic (exact) mass is 491 g/mol. The van der Waals surface area contributed by atoms with Gasteiger partial charge in [0.2, 0.25) is 11.1 Å². The van der Waals surface area contributed by atoms with Crippen LogP contribution in [0.25, 0.3) is 11.4 Å². The Hall–Kier alpha value is -1.49. The highest BCUT2D eigenvalue weighted by Crippen LogP contribution is 2.30. The van der Waals surface area contributed by atoms with Crippen molar-refractivity contribution >= 4 is 50.7 Å². The lowest BCUT2D eigenvalue weighted by atomic mass is 10.1. The van der Waals surface area contributed by atoms with Gasteiger partial charge >= 0.3 is 0 Å². The maximum Gasteiger partial charge on any atom is 0.233 e. The molecule has 2 aromatic rings. The quantitative estimate of drug-likeness (QED) is 0.467. The summed E-state index contributed by atoms with van der Waals surface area (Å²) in [6, 6.07) is 4.65. The van der Waals surface area contributed by atoms with E-state index in [2.05, 4.69) is 10.2 Å². The molecular formula is C18H23Cl2N5O3S2. The van der Waals surface area contributed by atoms with Crippen LogP contribution in [0.3, 0.4) is 0 Å². The van der Waals surface area contributed by atoms with Gasteiger partial charge in [0.1, 0.15) is 0 Å². The van der Waals surface area contributed by atoms with E-state index >= 15 is 0 Å². The SMILES string of the molecule is CC(C)CN(C(=O)CSc1nnc(-c2cc(Cl)ccc2Cl)n1N)C1CCS(=O)(=O)C1. The topological polar surface area (TPSA) is 111 Å². The van der Waals surface area contributed by atoms with Gasteiger partial charge in [-0.05, 0) is 30.5 Å². The Balaban J connectivity index is 1.73. The van der Waals surface area contributed by atoms with E-state index in [4.69, 9.17) is 29.0 Å². The Morgan fingerprint density at radius 3 is 2.73 bits per heavy atom. The number of thioether (sulfide) groups is 1. The van der Waals surface area contributed by atoms with Crippen LogP contribution in [0.4, 0.5) is 0 Å². The Morgan fingerprint density at radius 1 is 1.37 bits per heavy atom. The third kappa shape index (κ3) is 5.40. The van der Waals surface area contributed by atoms with Crippen molar-refractivity contribution in [2.24, 2.45) is 5.92 Å². The number of carbonyl (C=O) groups is 1. The summed E-state index contributed by atoms with van der Waals surface area (Å²) >= 11 is 13.4. The van der Waals surface area contributed by atoms with Crippen LogP contribution in [0.15, 0.2) is 23.4 Å². The molecule has 2 heterocycles. The molecule has 0 aliphatic carbocycles. The van der Waals surface area contributed by atoms with E-state index in [0.717, 1.165) is 11.8 Å². The molecule has 3 rings (SSSR count). The van der Waals surface area contributed by atoms with E-state index in [-0.39, 0.29) is 35.1 Å². The fraction of sp³-hybridized carbons (Fsp3) is 0.500. The highest BCUT2D eigenvalue weighted by molar-refractivity contribution is 7.99. The zero-order valence-electron chi connectivity index (χ0n) is 16.6. The molecule has 1 fully saturated rings. The molecule has 1 saturated heterocycles. The lowest BCUT2D eigenvalue weighted by molar-refractivity contribution is -0.130. The molecule has 0 radical (unpaired) electrons. The second-order valence-electron chi connectivity index (χ2n) is 7.59. The van der Waals surface area contributed by atoms with Gasteiger partial charge in [-0.3, -0.25) is 4.79 Å². The molecule has 8 nitrogen and oxygen atoms in total. The minimum absolute atomic E-state index is 0.0145. The second kappa shape index (κ2) is 9.33. The van der Waals surface area contributed by atoms with Crippen molar-refractivity contribution in [1.29, 1.82) is 0 Å². The zero-order valence-corrected chi connectivity index (χ0v) is 19.7. The summed E-state index contributed by atoms with van der Waals surface area (Å²) in [5.41, 5.74) is 0.537. The number of nitrogen functional groups attached to an aromatic ring is 1. The Morgan fingerprint density at radius 2 is 2.10 bits per heavy atom. The molecular weight excluding hydrogens is 469 g/mol. The number of carbonyl (C=O) groups excluding carboxylic acids is 1. The Bertz CT molecular complexity index is 1040. The fourth-order valence-corrected chi connectivity index (χ4v) is 6.15. The number of halogens is 2. The first-order valence-electron chi connectivity index (χ1n) is 9.36. The van der Waals surface area contributed by atoms with Gasteiger partial charge in [-0.15, -0.1) is 10.2 Å². The third-order valence-electron chi connectivity index (χ3n) is 4.69. The number of hydrogen-bond donors (Lipinski definition) is 1. The van der Waals surface area contributed by atoms with Crippen LogP contribution in [0.1, 0.15) is 20.3 Å². The summed E-state index contributed by atoms with van der Waals surface area (Å²) in [5, 5.41) is 9.39. The first kappa shape index (κ1) is 23.2. The maximum absolute atomic E-state index is 12.9. The fourth-order valence-electron chi connectivity index (χ4n) is 3.31. The van der Waals surface area contributed by atoms with Crippen LogP contribution in [-0.4, -0.2) is 63.9 Å². The van der Waals surface area contributed by atoms with Gasteiger partial charge in [0.25, 0.3) is 0 Å². The third-order valence-corrected chi connectivity index (χ3v) is 7.93. The van der Waals surface area contributed by atoms with E-state index in [1.54, 1.807) is 23.1 Å². The van der Waals surface area contributed by atoms with Gasteiger partial charge in [-0.2, -0.15) is 0 Å². The smallest absolute Gasteiger partial charge is 0.233 e. The van der Waals surface area contributed by atoms with Crippen molar-refractivity contribution < 1.29 is 13.2 Å². The van der Waals surface area contributed by atoms with Crippen molar-refractivity contribution in [2.75, 3.05) is 29.6 Å². The van der Waals surface area contributed by atoms with Gasteiger partial charge in [-0.1, -0.05) is 48.8 Å². The van der Waals surface area contributed by atoms with Crippen molar-refractivity contribution in [2.45, 2.75) is 31.5 Å². The van der Waals surface area contributed by atoms with Crippen LogP contribution in [0, 0.1) is 5.92 Å². The number of aromatic nitrogens is 3. The lowest BCUT2D eigenvalue weighted by Crippen LogP contribution is -2.44. The number of hydrogen-bond acceptors (Lipinski definition) is 7. The van der Waals surface area contributed by atoms with Crippen molar-refractivity contribution in [1.82, 2.24) is 19.8 Å². The zero-order chi connectivity index (χ0) is 22.1. The van der Waals surface area contributed by atoms with Crippen LogP contribution < -0.4 is 5.84 Å². The predicted molar refractivity (Wildman–Crippen MR) is 120 cm³/mol. The average Bonchev–Trinajstić information content (AvgIpc) is 3.21. The highest BCUT2D eigenvalue weighted by Gasteiger charge is 2.35. The molecule has 30 heavy (non-hydrogen) atoms. The van der Waals surface area contributed by atoms with Crippen molar-refractivity contribution in [3.8, 4) is 11.4 Å². The minimum atomic E-state index is -3.09. The molecule has 12 heteroatoms. The Kier molecular flexibility index (Phi) is 7.21. The largest absolute Gasteiger partial charge is 0.338 e. The molecule has 1 aliphatic heterocycles. The van der Waals surface area contributed by atoms with Gasteiger partial charge in [0.15, 0.2) is 15.7 Å². The normalized spacial score (nSPS) is 18.1. The first-order valence-corrected chi connectivity index (χ1v) is 12.9. The lowest BCUT2D eigenvalue weighted by Gasteiger charge is -2.29. The number of sulfone groups is 1. The van der Waals surface area contributed by atoms with Crippen LogP contribution in [0.5, 0.6) is 0 Å². The van der Waals surface area contributed by atoms with Gasteiger partial charge in [0, 0.05) is 23.2 Å². The maximum atomic E-state index is 12.9. The number of rotatable bonds is 7. The van der Waals surface area contributed by atoms with Crippen LogP contribution in [0.2, 0.25) is 10.0 Å². The molecule has 1 aromatic heterocycles. The number of nitrogens with two attached hydrogens (primary N) is 1. The van der Waals surface area contributed by atoms with Gasteiger partial charge < -0.3 is 10.7 Å². The molecule has 164 valence electrons. The molecule has 1 unspecified atom stereocenters. The summed E-state index contributed by atoms with van der Waals surface area (Å²) in [7, 11) is -3.09. The molecule has 0 bridgehead atoms. The molecule has 1 amide bonds. The van der Waals surface area contributed by atoms with E-state index in [1.165, 1.54) is 4.68 Å². The standard InChI is InChI=1S/C18H23Cl2N5O3S2/c1-11(2)8-24(13-5-6-30(27,28)10-13)16(26)9-29-18-23-22-17(25(18)21)14-7-12(19)3-4-15(14)20/h3-4,7,11,13H,5-6,8-10,21H2,1-2H3. The molecule has 0 spiro atoms. The molecule has 0 saturated carbocycles. The number of amides is 1. The minimum Gasteiger partial charge on any atom is -0.338 e. The molecule has 1 atom stereocenters. The second-order valence-corrected chi connectivity index (χ2v) is 11.6. The van der Waals surface area contributed by atoms with E-state index in [0.29, 0.717) is 39.6 Å². The summed E-state index contributed by atoms with van der Waals surface area (Å²) in [6.07, 6.45) is 0.468. The van der Waals surface area contributed by atoms with Crippen molar-refractivity contribution in [3.63, 3.8) is 0 Å². The van der Waals surface area contributed by atoms with E-state index in [1.807, 2.05) is 13.8 Å². The van der Waals surface area contributed by atoms with E-state index in [9.17, 15) is 13.2 Å². The summed E-state index contributed by atoms with van der Waals surface area (Å²) in [6.45, 7) is 4.49. The Labute approximate surface area is 190 Å². The van der Waals surface area contributed by atoms with Crippen molar-refractivity contribution in [3.05, 3.63) is 28.2 Å². The molecule has 1 aliphatic rings. The predicted octanol–water partition coefficient (Wildman–Crippen LogP) is 2.73. The van der Waals surface area contributed by atoms with Crippen LogP contribution >= 0.6 is 35.0 Å². The highest BCUT2D eigenvalue weighted by atomic mass is 35.5. The molecule has 1 aromatic carbocycles. The number of benzene rings is 1. The average molecular weight is 492 g/mol. The van der Waals surface area contributed by atoms with Gasteiger partial charge in [0.05, 0.1) is 22.3 Å².